The highest BCUT2D eigenvalue weighted by atomic mass is 16.5. The SMILES string of the molecule is Cc1cccn2cc(COc3cccc(C(=O)Nc4ccc5ccccc5c4)c3)nc12. The lowest BCUT2D eigenvalue weighted by atomic mass is 10.1. The smallest absolute Gasteiger partial charge is 0.255 e. The fourth-order valence-corrected chi connectivity index (χ4v) is 3.63. The van der Waals surface area contributed by atoms with Crippen molar-refractivity contribution in [3.8, 4) is 5.75 Å². The summed E-state index contributed by atoms with van der Waals surface area (Å²) < 4.78 is 7.89. The van der Waals surface area contributed by atoms with Gasteiger partial charge in [-0.15, -0.1) is 0 Å². The number of imidazole rings is 1. The summed E-state index contributed by atoms with van der Waals surface area (Å²) in [6.07, 6.45) is 3.93. The van der Waals surface area contributed by atoms with Gasteiger partial charge in [-0.3, -0.25) is 4.79 Å². The summed E-state index contributed by atoms with van der Waals surface area (Å²) in [5.74, 6) is 0.448. The maximum absolute atomic E-state index is 12.7. The van der Waals surface area contributed by atoms with E-state index in [4.69, 9.17) is 4.74 Å². The number of rotatable bonds is 5. The Morgan fingerprint density at radius 1 is 0.968 bits per heavy atom. The van der Waals surface area contributed by atoms with Gasteiger partial charge in [0, 0.05) is 23.6 Å². The topological polar surface area (TPSA) is 55.6 Å². The minimum absolute atomic E-state index is 0.177. The molecule has 0 aliphatic heterocycles. The third-order valence-corrected chi connectivity index (χ3v) is 5.22. The molecule has 2 aromatic heterocycles. The summed E-state index contributed by atoms with van der Waals surface area (Å²) in [5.41, 5.74) is 4.16. The molecule has 5 aromatic rings. The van der Waals surface area contributed by atoms with Crippen LogP contribution in [0.4, 0.5) is 5.69 Å². The van der Waals surface area contributed by atoms with Gasteiger partial charge in [0.05, 0.1) is 5.69 Å². The summed E-state index contributed by atoms with van der Waals surface area (Å²) in [7, 11) is 0. The Labute approximate surface area is 179 Å². The lowest BCUT2D eigenvalue weighted by Gasteiger charge is -2.09. The van der Waals surface area contributed by atoms with E-state index in [9.17, 15) is 4.79 Å². The highest BCUT2D eigenvalue weighted by Gasteiger charge is 2.09. The first-order valence-electron chi connectivity index (χ1n) is 10.1. The van der Waals surface area contributed by atoms with Crippen LogP contribution in [0, 0.1) is 6.92 Å². The number of nitrogens with zero attached hydrogens (tertiary/aromatic N) is 2. The van der Waals surface area contributed by atoms with Gasteiger partial charge in [-0.05, 0) is 59.7 Å². The van der Waals surface area contributed by atoms with Gasteiger partial charge in [0.25, 0.3) is 5.91 Å². The van der Waals surface area contributed by atoms with Crippen LogP contribution >= 0.6 is 0 Å². The zero-order chi connectivity index (χ0) is 21.2. The Kier molecular flexibility index (Phi) is 4.84. The molecule has 0 saturated carbocycles. The van der Waals surface area contributed by atoms with E-state index in [1.807, 2.05) is 90.4 Å². The zero-order valence-electron chi connectivity index (χ0n) is 17.1. The molecule has 0 fully saturated rings. The Balaban J connectivity index is 1.29. The molecule has 0 aliphatic rings. The molecule has 0 bridgehead atoms. The largest absolute Gasteiger partial charge is 0.487 e. The molecule has 5 nitrogen and oxygen atoms in total. The number of nitrogens with one attached hydrogen (secondary N) is 1. The molecule has 0 saturated heterocycles. The van der Waals surface area contributed by atoms with Crippen molar-refractivity contribution < 1.29 is 9.53 Å². The highest BCUT2D eigenvalue weighted by molar-refractivity contribution is 6.05. The van der Waals surface area contributed by atoms with E-state index < -0.39 is 0 Å². The predicted molar refractivity (Wildman–Crippen MR) is 123 cm³/mol. The lowest BCUT2D eigenvalue weighted by molar-refractivity contribution is 0.102. The number of carbonyl (C=O) groups excluding carboxylic acids is 1. The molecule has 5 heteroatoms. The summed E-state index contributed by atoms with van der Waals surface area (Å²) in [4.78, 5) is 17.4. The van der Waals surface area contributed by atoms with Crippen molar-refractivity contribution >= 4 is 28.0 Å². The summed E-state index contributed by atoms with van der Waals surface area (Å²) in [6, 6.07) is 25.1. The van der Waals surface area contributed by atoms with Crippen molar-refractivity contribution in [2.24, 2.45) is 0 Å². The summed E-state index contributed by atoms with van der Waals surface area (Å²) in [6.45, 7) is 2.36. The minimum Gasteiger partial charge on any atom is -0.487 e. The Morgan fingerprint density at radius 3 is 2.71 bits per heavy atom. The molecule has 2 heterocycles. The van der Waals surface area contributed by atoms with Gasteiger partial charge >= 0.3 is 0 Å². The van der Waals surface area contributed by atoms with Gasteiger partial charge in [0.2, 0.25) is 0 Å². The first kappa shape index (κ1) is 18.9. The number of aryl methyl sites for hydroxylation is 1. The number of hydrogen-bond donors (Lipinski definition) is 1. The Morgan fingerprint density at radius 2 is 1.84 bits per heavy atom. The van der Waals surface area contributed by atoms with Crippen LogP contribution in [0.5, 0.6) is 5.75 Å². The molecular formula is C26H21N3O2. The van der Waals surface area contributed by atoms with Gasteiger partial charge in [-0.25, -0.2) is 4.98 Å². The molecule has 152 valence electrons. The summed E-state index contributed by atoms with van der Waals surface area (Å²) in [5, 5.41) is 5.19. The molecule has 0 aliphatic carbocycles. The molecule has 0 spiro atoms. The number of hydrogen-bond acceptors (Lipinski definition) is 3. The molecule has 1 amide bonds. The second-order valence-electron chi connectivity index (χ2n) is 7.49. The average molecular weight is 407 g/mol. The molecule has 3 aromatic carbocycles. The van der Waals surface area contributed by atoms with E-state index >= 15 is 0 Å². The second kappa shape index (κ2) is 7.95. The van der Waals surface area contributed by atoms with Gasteiger partial charge < -0.3 is 14.5 Å². The quantitative estimate of drug-likeness (QED) is 0.411. The van der Waals surface area contributed by atoms with E-state index in [-0.39, 0.29) is 5.91 Å². The van der Waals surface area contributed by atoms with Gasteiger partial charge in [-0.2, -0.15) is 0 Å². The second-order valence-corrected chi connectivity index (χ2v) is 7.49. The van der Waals surface area contributed by atoms with E-state index in [0.29, 0.717) is 17.9 Å². The van der Waals surface area contributed by atoms with Crippen LogP contribution in [0.15, 0.2) is 91.3 Å². The van der Waals surface area contributed by atoms with Crippen molar-refractivity contribution in [3.05, 3.63) is 108 Å². The number of fused-ring (bicyclic) bond motifs is 2. The van der Waals surface area contributed by atoms with E-state index in [1.165, 1.54) is 0 Å². The Bertz CT molecular complexity index is 1400. The van der Waals surface area contributed by atoms with Gasteiger partial charge in [0.15, 0.2) is 0 Å². The first-order valence-corrected chi connectivity index (χ1v) is 10.1. The predicted octanol–water partition coefficient (Wildman–Crippen LogP) is 5.63. The van der Waals surface area contributed by atoms with Crippen LogP contribution < -0.4 is 10.1 Å². The standard InChI is InChI=1S/C26H21N3O2/c1-18-6-5-13-29-16-23(27-25(18)29)17-31-24-10-4-9-21(15-24)26(30)28-22-12-11-19-7-2-3-8-20(19)14-22/h2-16H,17H2,1H3,(H,28,30). The minimum atomic E-state index is -0.177. The van der Waals surface area contributed by atoms with Crippen LogP contribution in [-0.2, 0) is 6.61 Å². The number of pyridine rings is 1. The average Bonchev–Trinajstić information content (AvgIpc) is 3.22. The molecule has 0 radical (unpaired) electrons. The van der Waals surface area contributed by atoms with Crippen molar-refractivity contribution in [3.63, 3.8) is 0 Å². The van der Waals surface area contributed by atoms with Crippen LogP contribution in [-0.4, -0.2) is 15.3 Å². The van der Waals surface area contributed by atoms with Crippen molar-refractivity contribution in [1.29, 1.82) is 0 Å². The van der Waals surface area contributed by atoms with Crippen LogP contribution in [0.25, 0.3) is 16.4 Å². The number of carbonyl (C=O) groups is 1. The fraction of sp³-hybridized carbons (Fsp3) is 0.0769. The van der Waals surface area contributed by atoms with E-state index in [0.717, 1.165) is 33.4 Å². The molecular weight excluding hydrogens is 386 g/mol. The number of anilines is 1. The normalized spacial score (nSPS) is 11.0. The monoisotopic (exact) mass is 407 g/mol. The molecule has 0 unspecified atom stereocenters. The number of aromatic nitrogens is 2. The fourth-order valence-electron chi connectivity index (χ4n) is 3.63. The molecule has 0 atom stereocenters. The molecule has 31 heavy (non-hydrogen) atoms. The van der Waals surface area contributed by atoms with Gasteiger partial charge in [-0.1, -0.05) is 42.5 Å². The molecule has 1 N–H and O–H groups in total. The van der Waals surface area contributed by atoms with Crippen LogP contribution in [0.2, 0.25) is 0 Å². The van der Waals surface area contributed by atoms with Crippen LogP contribution in [0.3, 0.4) is 0 Å². The maximum atomic E-state index is 12.7. The third kappa shape index (κ3) is 3.98. The third-order valence-electron chi connectivity index (χ3n) is 5.22. The Hall–Kier alpha value is -4.12. The highest BCUT2D eigenvalue weighted by Crippen LogP contribution is 2.21. The number of benzene rings is 3. The van der Waals surface area contributed by atoms with Crippen LogP contribution in [0.1, 0.15) is 21.6 Å². The summed E-state index contributed by atoms with van der Waals surface area (Å²) >= 11 is 0. The first-order chi connectivity index (χ1) is 15.2. The number of ether oxygens (including phenoxy) is 1. The maximum Gasteiger partial charge on any atom is 0.255 e. The number of amides is 1. The van der Waals surface area contributed by atoms with Crippen molar-refractivity contribution in [2.75, 3.05) is 5.32 Å². The molecule has 5 rings (SSSR count). The van der Waals surface area contributed by atoms with E-state index in [1.54, 1.807) is 12.1 Å². The van der Waals surface area contributed by atoms with Gasteiger partial charge in [0.1, 0.15) is 18.0 Å². The van der Waals surface area contributed by atoms with Crippen molar-refractivity contribution in [1.82, 2.24) is 9.38 Å². The van der Waals surface area contributed by atoms with Crippen molar-refractivity contribution in [2.45, 2.75) is 13.5 Å². The zero-order valence-corrected chi connectivity index (χ0v) is 17.1. The lowest BCUT2D eigenvalue weighted by Crippen LogP contribution is -2.12. The van der Waals surface area contributed by atoms with E-state index in [2.05, 4.69) is 10.3 Å².